The monoisotopic (exact) mass is 259 g/mol. The molecule has 1 rings (SSSR count). The average molecular weight is 261 g/mol. The van der Waals surface area contributed by atoms with E-state index >= 15 is 0 Å². The SMILES string of the molecule is N#CC[C@H](N)c1cc(Cl)ncc1Br. The van der Waals surface area contributed by atoms with Crippen molar-refractivity contribution in [1.82, 2.24) is 4.98 Å². The lowest BCUT2D eigenvalue weighted by molar-refractivity contribution is 0.742. The molecule has 1 heterocycles. The normalized spacial score (nSPS) is 12.2. The first-order chi connectivity index (χ1) is 6.15. The van der Waals surface area contributed by atoms with Crippen LogP contribution in [-0.4, -0.2) is 4.98 Å². The van der Waals surface area contributed by atoms with Gasteiger partial charge in [-0.1, -0.05) is 11.6 Å². The highest BCUT2D eigenvalue weighted by Crippen LogP contribution is 2.25. The zero-order chi connectivity index (χ0) is 9.84. The topological polar surface area (TPSA) is 62.7 Å². The van der Waals surface area contributed by atoms with Crippen molar-refractivity contribution >= 4 is 27.5 Å². The van der Waals surface area contributed by atoms with Gasteiger partial charge in [0.2, 0.25) is 0 Å². The van der Waals surface area contributed by atoms with E-state index in [1.807, 2.05) is 6.07 Å². The molecule has 0 aromatic carbocycles. The molecule has 0 saturated heterocycles. The Morgan fingerprint density at radius 1 is 1.77 bits per heavy atom. The maximum absolute atomic E-state index is 8.46. The second-order valence-corrected chi connectivity index (χ2v) is 3.74. The molecule has 0 spiro atoms. The van der Waals surface area contributed by atoms with E-state index in [1.54, 1.807) is 12.3 Å². The summed E-state index contributed by atoms with van der Waals surface area (Å²) >= 11 is 8.98. The van der Waals surface area contributed by atoms with E-state index in [4.69, 9.17) is 22.6 Å². The molecule has 1 atom stereocenters. The molecule has 0 radical (unpaired) electrons. The Balaban J connectivity index is 3.00. The van der Waals surface area contributed by atoms with Gasteiger partial charge in [0.15, 0.2) is 0 Å². The average Bonchev–Trinajstić information content (AvgIpc) is 2.09. The van der Waals surface area contributed by atoms with Crippen LogP contribution in [0.2, 0.25) is 5.15 Å². The van der Waals surface area contributed by atoms with Crippen LogP contribution in [0.4, 0.5) is 0 Å². The third kappa shape index (κ3) is 2.66. The summed E-state index contributed by atoms with van der Waals surface area (Å²) in [5.74, 6) is 0. The summed E-state index contributed by atoms with van der Waals surface area (Å²) in [5.41, 5.74) is 6.54. The summed E-state index contributed by atoms with van der Waals surface area (Å²) in [6.45, 7) is 0. The van der Waals surface area contributed by atoms with Crippen LogP contribution in [0.1, 0.15) is 18.0 Å². The van der Waals surface area contributed by atoms with E-state index in [1.165, 1.54) is 0 Å². The molecule has 0 bridgehead atoms. The molecular weight excluding hydrogens is 253 g/mol. The molecule has 0 fully saturated rings. The molecule has 0 amide bonds. The molecule has 13 heavy (non-hydrogen) atoms. The smallest absolute Gasteiger partial charge is 0.129 e. The molecule has 1 aromatic heterocycles. The number of hydrogen-bond donors (Lipinski definition) is 1. The first-order valence-electron chi connectivity index (χ1n) is 3.58. The summed E-state index contributed by atoms with van der Waals surface area (Å²) in [6.07, 6.45) is 1.84. The first-order valence-corrected chi connectivity index (χ1v) is 4.75. The van der Waals surface area contributed by atoms with Crippen LogP contribution in [0.25, 0.3) is 0 Å². The van der Waals surface area contributed by atoms with E-state index in [-0.39, 0.29) is 12.5 Å². The van der Waals surface area contributed by atoms with Crippen molar-refractivity contribution in [2.45, 2.75) is 12.5 Å². The van der Waals surface area contributed by atoms with Crippen LogP contribution in [-0.2, 0) is 0 Å². The minimum absolute atomic E-state index is 0.263. The molecule has 0 aliphatic heterocycles. The predicted molar refractivity (Wildman–Crippen MR) is 54.1 cm³/mol. The van der Waals surface area contributed by atoms with Crippen LogP contribution < -0.4 is 5.73 Å². The lowest BCUT2D eigenvalue weighted by Gasteiger charge is -2.09. The van der Waals surface area contributed by atoms with Gasteiger partial charge in [0, 0.05) is 16.7 Å². The molecule has 68 valence electrons. The predicted octanol–water partition coefficient (Wildman–Crippen LogP) is 2.41. The van der Waals surface area contributed by atoms with Crippen LogP contribution in [0.15, 0.2) is 16.7 Å². The zero-order valence-electron chi connectivity index (χ0n) is 6.67. The molecule has 0 aliphatic carbocycles. The summed E-state index contributed by atoms with van der Waals surface area (Å²) in [7, 11) is 0. The number of nitrogens with two attached hydrogens (primary N) is 1. The highest BCUT2D eigenvalue weighted by atomic mass is 79.9. The summed E-state index contributed by atoms with van der Waals surface area (Å²) < 4.78 is 0.777. The molecule has 2 N–H and O–H groups in total. The fraction of sp³-hybridized carbons (Fsp3) is 0.250. The van der Waals surface area contributed by atoms with Crippen LogP contribution in [0, 0.1) is 11.3 Å². The third-order valence-corrected chi connectivity index (χ3v) is 2.43. The van der Waals surface area contributed by atoms with Crippen molar-refractivity contribution < 1.29 is 0 Å². The lowest BCUT2D eigenvalue weighted by Crippen LogP contribution is -2.10. The summed E-state index contributed by atoms with van der Waals surface area (Å²) in [5, 5.41) is 8.85. The third-order valence-electron chi connectivity index (χ3n) is 1.56. The Hall–Kier alpha value is -0.630. The number of hydrogen-bond acceptors (Lipinski definition) is 3. The maximum atomic E-state index is 8.46. The minimum atomic E-state index is -0.320. The van der Waals surface area contributed by atoms with Gasteiger partial charge in [-0.15, -0.1) is 0 Å². The second kappa shape index (κ2) is 4.56. The number of nitrogens with zero attached hydrogens (tertiary/aromatic N) is 2. The standard InChI is InChI=1S/C8H7BrClN3/c9-6-4-13-8(10)3-5(6)7(12)1-2-11/h3-4,7H,1,12H2/t7-/m0/s1. The van der Waals surface area contributed by atoms with Gasteiger partial charge in [-0.2, -0.15) is 5.26 Å². The molecule has 5 heteroatoms. The van der Waals surface area contributed by atoms with Gasteiger partial charge < -0.3 is 5.73 Å². The summed E-state index contributed by atoms with van der Waals surface area (Å²) in [4.78, 5) is 3.86. The Bertz CT molecular complexity index is 348. The quantitative estimate of drug-likeness (QED) is 0.831. The fourth-order valence-electron chi connectivity index (χ4n) is 0.920. The number of nitriles is 1. The molecular formula is C8H7BrClN3. The maximum Gasteiger partial charge on any atom is 0.129 e. The van der Waals surface area contributed by atoms with E-state index in [0.717, 1.165) is 10.0 Å². The highest BCUT2D eigenvalue weighted by Gasteiger charge is 2.10. The van der Waals surface area contributed by atoms with E-state index in [9.17, 15) is 0 Å². The van der Waals surface area contributed by atoms with Gasteiger partial charge in [0.25, 0.3) is 0 Å². The van der Waals surface area contributed by atoms with Crippen molar-refractivity contribution in [2.75, 3.05) is 0 Å². The fourth-order valence-corrected chi connectivity index (χ4v) is 1.60. The second-order valence-electron chi connectivity index (χ2n) is 2.50. The molecule has 3 nitrogen and oxygen atoms in total. The van der Waals surface area contributed by atoms with Gasteiger partial charge in [-0.25, -0.2) is 4.98 Å². The van der Waals surface area contributed by atoms with Crippen molar-refractivity contribution in [1.29, 1.82) is 5.26 Å². The van der Waals surface area contributed by atoms with Gasteiger partial charge in [0.05, 0.1) is 12.5 Å². The van der Waals surface area contributed by atoms with Crippen molar-refractivity contribution in [2.24, 2.45) is 5.73 Å². The first kappa shape index (κ1) is 10.5. The molecule has 0 unspecified atom stereocenters. The largest absolute Gasteiger partial charge is 0.323 e. The van der Waals surface area contributed by atoms with E-state index in [2.05, 4.69) is 20.9 Å². The Labute approximate surface area is 89.6 Å². The van der Waals surface area contributed by atoms with Crippen LogP contribution >= 0.6 is 27.5 Å². The van der Waals surface area contributed by atoms with Gasteiger partial charge >= 0.3 is 0 Å². The van der Waals surface area contributed by atoms with Gasteiger partial charge in [0.1, 0.15) is 5.15 Å². The lowest BCUT2D eigenvalue weighted by atomic mass is 10.1. The molecule has 0 aliphatic rings. The zero-order valence-corrected chi connectivity index (χ0v) is 9.01. The van der Waals surface area contributed by atoms with Crippen LogP contribution in [0.3, 0.4) is 0 Å². The van der Waals surface area contributed by atoms with Crippen molar-refractivity contribution in [3.8, 4) is 6.07 Å². The molecule has 0 saturated carbocycles. The van der Waals surface area contributed by atoms with E-state index in [0.29, 0.717) is 5.15 Å². The van der Waals surface area contributed by atoms with Gasteiger partial charge in [-0.05, 0) is 27.6 Å². The van der Waals surface area contributed by atoms with E-state index < -0.39 is 0 Å². The Morgan fingerprint density at radius 2 is 2.46 bits per heavy atom. The number of rotatable bonds is 2. The number of pyridine rings is 1. The highest BCUT2D eigenvalue weighted by molar-refractivity contribution is 9.10. The van der Waals surface area contributed by atoms with Crippen molar-refractivity contribution in [3.63, 3.8) is 0 Å². The number of aromatic nitrogens is 1. The number of halogens is 2. The minimum Gasteiger partial charge on any atom is -0.323 e. The van der Waals surface area contributed by atoms with Crippen LogP contribution in [0.5, 0.6) is 0 Å². The molecule has 1 aromatic rings. The summed E-state index contributed by atoms with van der Waals surface area (Å²) in [6, 6.07) is 3.34. The van der Waals surface area contributed by atoms with Crippen molar-refractivity contribution in [3.05, 3.63) is 27.5 Å². The van der Waals surface area contributed by atoms with Gasteiger partial charge in [-0.3, -0.25) is 0 Å². The Morgan fingerprint density at radius 3 is 3.08 bits per heavy atom. The Kier molecular flexibility index (Phi) is 3.67.